The van der Waals surface area contributed by atoms with Gasteiger partial charge in [-0.2, -0.15) is 0 Å². The summed E-state index contributed by atoms with van der Waals surface area (Å²) < 4.78 is 13.4. The van der Waals surface area contributed by atoms with E-state index in [1.807, 2.05) is 4.90 Å². The van der Waals surface area contributed by atoms with Gasteiger partial charge in [-0.1, -0.05) is 6.42 Å². The molecule has 1 aromatic carbocycles. The van der Waals surface area contributed by atoms with Gasteiger partial charge in [0.2, 0.25) is 0 Å². The highest BCUT2D eigenvalue weighted by Gasteiger charge is 2.40. The number of likely N-dealkylation sites (tertiary alicyclic amines) is 1. The molecule has 3 rings (SSSR count). The molecule has 3 atom stereocenters. The number of carbonyl (C=O) groups excluding carboxylic acids is 1. The van der Waals surface area contributed by atoms with E-state index in [-0.39, 0.29) is 29.8 Å². The molecule has 1 amide bonds. The zero-order valence-electron chi connectivity index (χ0n) is 12.4. The van der Waals surface area contributed by atoms with Crippen LogP contribution in [-0.4, -0.2) is 34.6 Å². The number of nitrogens with zero attached hydrogens (tertiary/aromatic N) is 1. The first-order valence-corrected chi connectivity index (χ1v) is 7.83. The van der Waals surface area contributed by atoms with E-state index in [4.69, 9.17) is 0 Å². The van der Waals surface area contributed by atoms with Gasteiger partial charge in [-0.3, -0.25) is 4.79 Å². The van der Waals surface area contributed by atoms with Gasteiger partial charge in [0.05, 0.1) is 6.10 Å². The van der Waals surface area contributed by atoms with Crippen LogP contribution in [0.15, 0.2) is 18.2 Å². The Morgan fingerprint density at radius 3 is 2.76 bits per heavy atom. The molecule has 2 fully saturated rings. The van der Waals surface area contributed by atoms with Crippen LogP contribution in [0.5, 0.6) is 0 Å². The second-order valence-electron chi connectivity index (χ2n) is 6.33. The Labute approximate surface area is 124 Å². The van der Waals surface area contributed by atoms with Crippen molar-refractivity contribution in [3.05, 3.63) is 35.1 Å². The monoisotopic (exact) mass is 291 g/mol. The van der Waals surface area contributed by atoms with Crippen molar-refractivity contribution < 1.29 is 14.3 Å². The van der Waals surface area contributed by atoms with Crippen LogP contribution in [0.25, 0.3) is 0 Å². The lowest BCUT2D eigenvalue weighted by Gasteiger charge is -2.31. The van der Waals surface area contributed by atoms with E-state index in [1.54, 1.807) is 19.1 Å². The summed E-state index contributed by atoms with van der Waals surface area (Å²) in [6.07, 6.45) is 4.56. The van der Waals surface area contributed by atoms with Crippen LogP contribution in [0.4, 0.5) is 4.39 Å². The topological polar surface area (TPSA) is 40.5 Å². The van der Waals surface area contributed by atoms with Crippen LogP contribution in [0.1, 0.15) is 48.0 Å². The number of halogens is 1. The van der Waals surface area contributed by atoms with E-state index in [0.717, 1.165) is 38.6 Å². The number of aryl methyl sites for hydroxylation is 1. The van der Waals surface area contributed by atoms with Gasteiger partial charge in [0.15, 0.2) is 0 Å². The summed E-state index contributed by atoms with van der Waals surface area (Å²) >= 11 is 0. The third-order valence-corrected chi connectivity index (χ3v) is 4.99. The summed E-state index contributed by atoms with van der Waals surface area (Å²) in [5, 5.41) is 10.1. The molecule has 1 heterocycles. The SMILES string of the molecule is Cc1cc(C(=O)N2CCCC2C2CCCC2O)ccc1F. The number of hydrogen-bond acceptors (Lipinski definition) is 2. The van der Waals surface area contributed by atoms with Gasteiger partial charge >= 0.3 is 0 Å². The van der Waals surface area contributed by atoms with Gasteiger partial charge < -0.3 is 10.0 Å². The Bertz CT molecular complexity index is 546. The van der Waals surface area contributed by atoms with Gasteiger partial charge in [-0.15, -0.1) is 0 Å². The Morgan fingerprint density at radius 2 is 2.10 bits per heavy atom. The first kappa shape index (κ1) is 14.5. The number of aliphatic hydroxyl groups excluding tert-OH is 1. The molecule has 114 valence electrons. The van der Waals surface area contributed by atoms with Crippen molar-refractivity contribution in [1.82, 2.24) is 4.90 Å². The predicted molar refractivity (Wildman–Crippen MR) is 78.5 cm³/mol. The number of carbonyl (C=O) groups is 1. The predicted octanol–water partition coefficient (Wildman–Crippen LogP) is 2.90. The summed E-state index contributed by atoms with van der Waals surface area (Å²) in [7, 11) is 0. The normalized spacial score (nSPS) is 29.1. The lowest BCUT2D eigenvalue weighted by Crippen LogP contribution is -2.42. The van der Waals surface area contributed by atoms with E-state index in [9.17, 15) is 14.3 Å². The minimum absolute atomic E-state index is 0.0281. The molecule has 1 saturated heterocycles. The van der Waals surface area contributed by atoms with Crippen LogP contribution >= 0.6 is 0 Å². The number of hydrogen-bond donors (Lipinski definition) is 1. The van der Waals surface area contributed by atoms with Gasteiger partial charge in [-0.25, -0.2) is 4.39 Å². The van der Waals surface area contributed by atoms with Crippen LogP contribution in [0.3, 0.4) is 0 Å². The zero-order valence-corrected chi connectivity index (χ0v) is 12.4. The summed E-state index contributed by atoms with van der Waals surface area (Å²) in [5.41, 5.74) is 1.05. The van der Waals surface area contributed by atoms with Crippen molar-refractivity contribution in [1.29, 1.82) is 0 Å². The molecule has 0 aromatic heterocycles. The second-order valence-corrected chi connectivity index (χ2v) is 6.33. The maximum Gasteiger partial charge on any atom is 0.254 e. The second kappa shape index (κ2) is 5.76. The third-order valence-electron chi connectivity index (χ3n) is 4.99. The van der Waals surface area contributed by atoms with Crippen molar-refractivity contribution in [3.63, 3.8) is 0 Å². The first-order valence-electron chi connectivity index (χ1n) is 7.83. The van der Waals surface area contributed by atoms with Crippen molar-refractivity contribution in [2.75, 3.05) is 6.54 Å². The summed E-state index contributed by atoms with van der Waals surface area (Å²) in [5.74, 6) is -0.103. The Hall–Kier alpha value is -1.42. The molecule has 1 aliphatic carbocycles. The van der Waals surface area contributed by atoms with Crippen LogP contribution in [-0.2, 0) is 0 Å². The van der Waals surface area contributed by atoms with Gasteiger partial charge in [0.1, 0.15) is 5.82 Å². The van der Waals surface area contributed by atoms with Crippen molar-refractivity contribution in [2.45, 2.75) is 51.2 Å². The highest BCUT2D eigenvalue weighted by Crippen LogP contribution is 2.36. The van der Waals surface area contributed by atoms with E-state index in [0.29, 0.717) is 11.1 Å². The average molecular weight is 291 g/mol. The van der Waals surface area contributed by atoms with Gasteiger partial charge in [0.25, 0.3) is 5.91 Å². The molecule has 3 nitrogen and oxygen atoms in total. The molecule has 0 spiro atoms. The maximum absolute atomic E-state index is 13.4. The van der Waals surface area contributed by atoms with E-state index < -0.39 is 0 Å². The number of benzene rings is 1. The smallest absolute Gasteiger partial charge is 0.254 e. The molecule has 1 N–H and O–H groups in total. The van der Waals surface area contributed by atoms with E-state index >= 15 is 0 Å². The molecule has 1 aromatic rings. The number of rotatable bonds is 2. The lowest BCUT2D eigenvalue weighted by molar-refractivity contribution is 0.0528. The largest absolute Gasteiger partial charge is 0.393 e. The fourth-order valence-corrected chi connectivity index (χ4v) is 3.85. The lowest BCUT2D eigenvalue weighted by atomic mass is 9.93. The number of aliphatic hydroxyl groups is 1. The van der Waals surface area contributed by atoms with E-state index in [2.05, 4.69) is 0 Å². The zero-order chi connectivity index (χ0) is 15.0. The molecule has 21 heavy (non-hydrogen) atoms. The molecule has 4 heteroatoms. The standard InChI is InChI=1S/C17H22FNO2/c1-11-10-12(7-8-14(11)18)17(21)19-9-3-5-15(19)13-4-2-6-16(13)20/h7-8,10,13,15-16,20H,2-6,9H2,1H3. The molecular formula is C17H22FNO2. The molecular weight excluding hydrogens is 269 g/mol. The van der Waals surface area contributed by atoms with Gasteiger partial charge in [-0.05, 0) is 56.4 Å². The summed E-state index contributed by atoms with van der Waals surface area (Å²) in [6, 6.07) is 4.68. The van der Waals surface area contributed by atoms with Crippen molar-refractivity contribution >= 4 is 5.91 Å². The van der Waals surface area contributed by atoms with Crippen molar-refractivity contribution in [3.8, 4) is 0 Å². The maximum atomic E-state index is 13.4. The molecule has 2 aliphatic rings. The van der Waals surface area contributed by atoms with Crippen LogP contribution in [0, 0.1) is 18.7 Å². The molecule has 3 unspecified atom stereocenters. The molecule has 0 radical (unpaired) electrons. The Balaban J connectivity index is 1.81. The highest BCUT2D eigenvalue weighted by molar-refractivity contribution is 5.94. The molecule has 1 aliphatic heterocycles. The van der Waals surface area contributed by atoms with Crippen LogP contribution < -0.4 is 0 Å². The minimum atomic E-state index is -0.282. The summed E-state index contributed by atoms with van der Waals surface area (Å²) in [4.78, 5) is 14.6. The van der Waals surface area contributed by atoms with Gasteiger partial charge in [0, 0.05) is 24.1 Å². The Kier molecular flexibility index (Phi) is 3.98. The quantitative estimate of drug-likeness (QED) is 0.910. The fraction of sp³-hybridized carbons (Fsp3) is 0.588. The molecule has 1 saturated carbocycles. The highest BCUT2D eigenvalue weighted by atomic mass is 19.1. The molecule has 0 bridgehead atoms. The van der Waals surface area contributed by atoms with Crippen molar-refractivity contribution in [2.24, 2.45) is 5.92 Å². The Morgan fingerprint density at radius 1 is 1.29 bits per heavy atom. The third kappa shape index (κ3) is 2.69. The first-order chi connectivity index (χ1) is 10.1. The number of amides is 1. The summed E-state index contributed by atoms with van der Waals surface area (Å²) in [6.45, 7) is 2.41. The van der Waals surface area contributed by atoms with E-state index in [1.165, 1.54) is 6.07 Å². The van der Waals surface area contributed by atoms with Crippen LogP contribution in [0.2, 0.25) is 0 Å². The average Bonchev–Trinajstić information content (AvgIpc) is 3.09. The minimum Gasteiger partial charge on any atom is -0.393 e. The fourth-order valence-electron chi connectivity index (χ4n) is 3.85.